The molecule has 0 saturated carbocycles. The van der Waals surface area contributed by atoms with E-state index in [2.05, 4.69) is 172 Å². The number of aromatic carboxylic acids is 1. The molecule has 9 rings (SSSR count). The van der Waals surface area contributed by atoms with Crippen LogP contribution in [-0.2, 0) is 35.7 Å². The van der Waals surface area contributed by atoms with Crippen LogP contribution < -0.4 is 9.97 Å². The van der Waals surface area contributed by atoms with Crippen LogP contribution in [0.5, 0.6) is 0 Å². The van der Waals surface area contributed by atoms with Crippen molar-refractivity contribution < 1.29 is 29.4 Å². The van der Waals surface area contributed by atoms with E-state index in [9.17, 15) is 9.90 Å². The van der Waals surface area contributed by atoms with Crippen LogP contribution in [-0.4, -0.2) is 21.0 Å². The van der Waals surface area contributed by atoms with Crippen molar-refractivity contribution in [3.05, 3.63) is 166 Å². The van der Waals surface area contributed by atoms with E-state index in [1.54, 1.807) is 12.1 Å². The molecule has 0 spiro atoms. The van der Waals surface area contributed by atoms with Gasteiger partial charge in [0.05, 0.1) is 28.3 Å². The normalized spacial score (nSPS) is 12.6. The fraction of sp³-hybridized carbons (Fsp3) is 0.211. The Morgan fingerprint density at radius 2 is 0.625 bits per heavy atom. The Morgan fingerprint density at radius 1 is 0.391 bits per heavy atom. The van der Waals surface area contributed by atoms with Crippen molar-refractivity contribution in [2.75, 3.05) is 0 Å². The number of fused-ring (bicyclic) bond motifs is 8. The monoisotopic (exact) mass is 888 g/mol. The maximum absolute atomic E-state index is 12.0. The summed E-state index contributed by atoms with van der Waals surface area (Å²) < 4.78 is 0. The molecule has 7 aromatic rings. The molecule has 0 fully saturated rings. The molecule has 7 heteroatoms. The third kappa shape index (κ3) is 8.50. The van der Waals surface area contributed by atoms with Crippen molar-refractivity contribution >= 4 is 52.3 Å². The number of nitrogens with zero attached hydrogens (tertiary/aromatic N) is 4. The fourth-order valence-corrected chi connectivity index (χ4v) is 8.46. The summed E-state index contributed by atoms with van der Waals surface area (Å²) in [7, 11) is 0. The Bertz CT molecular complexity index is 3090. The second-order valence-corrected chi connectivity index (χ2v) is 19.7. The van der Waals surface area contributed by atoms with E-state index in [-0.39, 0.29) is 41.3 Å². The molecule has 64 heavy (non-hydrogen) atoms. The molecule has 4 aromatic carbocycles. The number of rotatable bonds is 5. The molecular formula is C57H52N4O2Zn. The Labute approximate surface area is 389 Å². The Balaban J connectivity index is 0.00000560. The van der Waals surface area contributed by atoms with Gasteiger partial charge in [0.1, 0.15) is 0 Å². The van der Waals surface area contributed by atoms with Crippen molar-refractivity contribution in [3.63, 3.8) is 0 Å². The maximum atomic E-state index is 12.0. The molecule has 2 aliphatic heterocycles. The van der Waals surface area contributed by atoms with Crippen molar-refractivity contribution in [1.29, 1.82) is 0 Å². The smallest absolute Gasteiger partial charge is 0.657 e. The summed E-state index contributed by atoms with van der Waals surface area (Å²) in [4.78, 5) is 33.6. The van der Waals surface area contributed by atoms with Gasteiger partial charge in [0.15, 0.2) is 0 Å². The molecule has 314 valence electrons. The molecule has 0 amide bonds. The second kappa shape index (κ2) is 16.6. The van der Waals surface area contributed by atoms with Gasteiger partial charge in [0, 0.05) is 0 Å². The maximum Gasteiger partial charge on any atom is 2.00 e. The van der Waals surface area contributed by atoms with Crippen LogP contribution in [0.4, 0.5) is 0 Å². The van der Waals surface area contributed by atoms with Gasteiger partial charge in [-0.25, -0.2) is 14.8 Å². The minimum atomic E-state index is -0.981. The number of hydrogen-bond acceptors (Lipinski definition) is 3. The minimum Gasteiger partial charge on any atom is -0.657 e. The number of carboxylic acid groups (broad SMARTS) is 1. The van der Waals surface area contributed by atoms with Crippen LogP contribution in [0.2, 0.25) is 0 Å². The summed E-state index contributed by atoms with van der Waals surface area (Å²) in [6, 6.07) is 41.5. The van der Waals surface area contributed by atoms with Gasteiger partial charge >= 0.3 is 25.4 Å². The van der Waals surface area contributed by atoms with Crippen molar-refractivity contribution in [2.45, 2.75) is 78.6 Å². The van der Waals surface area contributed by atoms with E-state index in [4.69, 9.17) is 19.9 Å². The number of hydrogen-bond donors (Lipinski definition) is 1. The first kappa shape index (κ1) is 44.2. The minimum absolute atomic E-state index is 0. The summed E-state index contributed by atoms with van der Waals surface area (Å²) >= 11 is 0. The van der Waals surface area contributed by atoms with Gasteiger partial charge in [-0.1, -0.05) is 172 Å². The molecule has 2 aliphatic rings. The molecular weight excluding hydrogens is 838 g/mol. The zero-order valence-corrected chi connectivity index (χ0v) is 41.2. The molecule has 0 aliphatic carbocycles. The molecule has 3 aromatic heterocycles. The molecule has 0 saturated heterocycles. The van der Waals surface area contributed by atoms with Crippen LogP contribution in [0.3, 0.4) is 0 Å². The predicted molar refractivity (Wildman–Crippen MR) is 262 cm³/mol. The Morgan fingerprint density at radius 3 is 0.844 bits per heavy atom. The summed E-state index contributed by atoms with van der Waals surface area (Å²) in [5, 5.41) is 9.79. The van der Waals surface area contributed by atoms with Gasteiger partial charge in [0.2, 0.25) is 0 Å². The van der Waals surface area contributed by atoms with Crippen LogP contribution in [0.1, 0.15) is 112 Å². The topological polar surface area (TPSA) is 91.3 Å². The fourth-order valence-electron chi connectivity index (χ4n) is 8.46. The quantitative estimate of drug-likeness (QED) is 0.173. The largest absolute Gasteiger partial charge is 2.00 e. The second-order valence-electron chi connectivity index (χ2n) is 19.7. The van der Waals surface area contributed by atoms with E-state index in [0.29, 0.717) is 0 Å². The Hall–Kier alpha value is -6.43. The van der Waals surface area contributed by atoms with E-state index < -0.39 is 5.97 Å². The zero-order valence-electron chi connectivity index (χ0n) is 38.2. The first-order chi connectivity index (χ1) is 29.9. The van der Waals surface area contributed by atoms with Crippen LogP contribution in [0.25, 0.3) is 90.9 Å². The molecule has 5 heterocycles. The van der Waals surface area contributed by atoms with Gasteiger partial charge < -0.3 is 15.1 Å². The van der Waals surface area contributed by atoms with Crippen LogP contribution in [0, 0.1) is 0 Å². The summed E-state index contributed by atoms with van der Waals surface area (Å²) in [6.07, 6.45) is 8.28. The van der Waals surface area contributed by atoms with Crippen LogP contribution in [0.15, 0.2) is 121 Å². The van der Waals surface area contributed by atoms with Crippen molar-refractivity contribution in [1.82, 2.24) is 19.9 Å². The van der Waals surface area contributed by atoms with Crippen molar-refractivity contribution in [3.8, 4) is 44.5 Å². The number of carboxylic acids is 1. The molecule has 0 radical (unpaired) electrons. The van der Waals surface area contributed by atoms with E-state index in [0.717, 1.165) is 89.4 Å². The third-order valence-corrected chi connectivity index (χ3v) is 12.1. The molecule has 6 nitrogen and oxygen atoms in total. The standard InChI is InChI=1S/C57H53N4O2.Zn/c1-55(2,3)39-20-14-35(15-21-39)51-44-28-26-42(58-44)50(34-10-12-38(13-11-34)54(62)63)43-27-29-45(59-43)52(36-16-22-40(23-17-36)56(4,5)6)47-31-33-49(61-47)53(48-32-30-46(51)60-48)37-18-24-41(25-19-37)57(7,8)9;/h10-33H,1-9H3,(H2-,58,59,60,61,62,63);/q-1;+2/p-1. The SMILES string of the molecule is CC(C)(C)c1ccc(-c2c3nc(c(-c4ccc(C(C)(C)C)cc4)c4ccc([n-]4)c(-c4ccc(C(C)(C)C)cc4)c4nc(c(-c5ccc(C(=O)O)cc5)c5ccc2[n-]5)C=C4)C=C3)cc1.[Zn+2]. The number of carbonyl (C=O) groups is 1. The summed E-state index contributed by atoms with van der Waals surface area (Å²) in [6.45, 7) is 20.0. The average Bonchev–Trinajstić information content (AvgIpc) is 4.09. The molecule has 0 atom stereocenters. The first-order valence-corrected chi connectivity index (χ1v) is 21.6. The summed E-state index contributed by atoms with van der Waals surface area (Å²) in [5.74, 6) is -0.981. The van der Waals surface area contributed by atoms with Crippen LogP contribution >= 0.6 is 0 Å². The van der Waals surface area contributed by atoms with Gasteiger partial charge in [0.25, 0.3) is 0 Å². The van der Waals surface area contributed by atoms with E-state index in [1.807, 2.05) is 24.3 Å². The van der Waals surface area contributed by atoms with Gasteiger partial charge in [-0.2, -0.15) is 0 Å². The van der Waals surface area contributed by atoms with E-state index >= 15 is 0 Å². The number of aromatic nitrogens is 4. The van der Waals surface area contributed by atoms with Gasteiger partial charge in [-0.3, -0.25) is 0 Å². The first-order valence-electron chi connectivity index (χ1n) is 21.6. The van der Waals surface area contributed by atoms with Gasteiger partial charge in [-0.05, 0) is 114 Å². The molecule has 0 unspecified atom stereocenters. The third-order valence-electron chi connectivity index (χ3n) is 12.1. The number of benzene rings is 4. The predicted octanol–water partition coefficient (Wildman–Crippen LogP) is 14.2. The van der Waals surface area contributed by atoms with Gasteiger partial charge in [-0.15, -0.1) is 22.1 Å². The zero-order chi connectivity index (χ0) is 44.4. The van der Waals surface area contributed by atoms with Crippen molar-refractivity contribution in [2.24, 2.45) is 0 Å². The summed E-state index contributed by atoms with van der Waals surface area (Å²) in [5.41, 5.74) is 17.5. The average molecular weight is 890 g/mol. The Kier molecular flexibility index (Phi) is 11.5. The molecule has 1 N–H and O–H groups in total. The van der Waals surface area contributed by atoms with E-state index in [1.165, 1.54) is 16.7 Å². The molecule has 8 bridgehead atoms.